The van der Waals surface area contributed by atoms with Crippen molar-refractivity contribution in [2.45, 2.75) is 38.6 Å². The van der Waals surface area contributed by atoms with E-state index in [0.29, 0.717) is 19.4 Å². The van der Waals surface area contributed by atoms with E-state index in [9.17, 15) is 14.7 Å². The van der Waals surface area contributed by atoms with E-state index in [4.69, 9.17) is 0 Å². The van der Waals surface area contributed by atoms with Crippen LogP contribution in [0.2, 0.25) is 0 Å². The molecule has 1 fully saturated rings. The number of aliphatic hydroxyl groups excluding tert-OH is 1. The number of rotatable bonds is 1. The normalized spacial score (nSPS) is 27.3. The van der Waals surface area contributed by atoms with Crippen molar-refractivity contribution < 1.29 is 14.7 Å². The molecule has 1 saturated heterocycles. The molecule has 2 aliphatic heterocycles. The Morgan fingerprint density at radius 3 is 2.89 bits per heavy atom. The number of benzene rings is 1. The molecule has 1 aromatic carbocycles. The standard InChI is InChI=1S/C14H16N2O3/c1-8-2-3-9-7-16(14(19)10(9)6-8)11-4-5-12(17)15-13(11)18/h2-3,6,11,14,19H,4-5,7H2,1H3,(H,15,17,18). The molecule has 2 amide bonds. The van der Waals surface area contributed by atoms with Crippen molar-refractivity contribution in [3.05, 3.63) is 34.9 Å². The number of nitrogens with zero attached hydrogens (tertiary/aromatic N) is 1. The van der Waals surface area contributed by atoms with Crippen LogP contribution in [0, 0.1) is 6.92 Å². The number of hydrogen-bond donors (Lipinski definition) is 2. The third-order valence-corrected chi connectivity index (χ3v) is 3.86. The molecule has 2 unspecified atom stereocenters. The fraction of sp³-hybridized carbons (Fsp3) is 0.429. The molecule has 19 heavy (non-hydrogen) atoms. The molecule has 100 valence electrons. The Morgan fingerprint density at radius 1 is 1.37 bits per heavy atom. The zero-order valence-corrected chi connectivity index (χ0v) is 10.7. The third kappa shape index (κ3) is 2.05. The number of imide groups is 1. The van der Waals surface area contributed by atoms with E-state index in [-0.39, 0.29) is 11.8 Å². The average molecular weight is 260 g/mol. The van der Waals surface area contributed by atoms with Crippen molar-refractivity contribution in [3.8, 4) is 0 Å². The molecule has 2 N–H and O–H groups in total. The van der Waals surface area contributed by atoms with Gasteiger partial charge in [0.15, 0.2) is 0 Å². The average Bonchev–Trinajstić information content (AvgIpc) is 2.67. The molecule has 0 aliphatic carbocycles. The number of nitrogens with one attached hydrogen (secondary N) is 1. The first kappa shape index (κ1) is 12.3. The summed E-state index contributed by atoms with van der Waals surface area (Å²) in [5.74, 6) is -0.539. The molecule has 2 heterocycles. The summed E-state index contributed by atoms with van der Waals surface area (Å²) < 4.78 is 0. The maximum atomic E-state index is 11.9. The molecule has 3 rings (SSSR count). The highest BCUT2D eigenvalue weighted by Crippen LogP contribution is 2.35. The monoisotopic (exact) mass is 260 g/mol. The van der Waals surface area contributed by atoms with Crippen molar-refractivity contribution in [3.63, 3.8) is 0 Å². The van der Waals surface area contributed by atoms with Gasteiger partial charge in [-0.15, -0.1) is 0 Å². The van der Waals surface area contributed by atoms with E-state index >= 15 is 0 Å². The number of hydrogen-bond acceptors (Lipinski definition) is 4. The van der Waals surface area contributed by atoms with Crippen LogP contribution in [-0.4, -0.2) is 27.9 Å². The summed E-state index contributed by atoms with van der Waals surface area (Å²) in [7, 11) is 0. The fourth-order valence-corrected chi connectivity index (χ4v) is 2.84. The lowest BCUT2D eigenvalue weighted by atomic mass is 10.0. The SMILES string of the molecule is Cc1ccc2c(c1)C(O)N(C1CCC(=O)NC1=O)C2. The Hall–Kier alpha value is -1.72. The lowest BCUT2D eigenvalue weighted by Gasteiger charge is -2.31. The Kier molecular flexibility index (Phi) is 2.88. The van der Waals surface area contributed by atoms with Crippen molar-refractivity contribution in [1.82, 2.24) is 10.2 Å². The van der Waals surface area contributed by atoms with Gasteiger partial charge in [0.05, 0.1) is 6.04 Å². The number of carbonyl (C=O) groups is 2. The molecule has 2 atom stereocenters. The van der Waals surface area contributed by atoms with Gasteiger partial charge in [0.2, 0.25) is 11.8 Å². The highest BCUT2D eigenvalue weighted by atomic mass is 16.3. The predicted molar refractivity (Wildman–Crippen MR) is 67.9 cm³/mol. The van der Waals surface area contributed by atoms with Crippen LogP contribution in [-0.2, 0) is 16.1 Å². The van der Waals surface area contributed by atoms with Crippen LogP contribution in [0.4, 0.5) is 0 Å². The number of piperidine rings is 1. The minimum atomic E-state index is -0.765. The molecule has 0 spiro atoms. The molecule has 5 heteroatoms. The van der Waals surface area contributed by atoms with E-state index in [1.807, 2.05) is 25.1 Å². The van der Waals surface area contributed by atoms with Gasteiger partial charge in [-0.05, 0) is 18.9 Å². The van der Waals surface area contributed by atoms with Crippen LogP contribution in [0.15, 0.2) is 18.2 Å². The molecular formula is C14H16N2O3. The highest BCUT2D eigenvalue weighted by Gasteiger charge is 2.39. The molecule has 5 nitrogen and oxygen atoms in total. The Morgan fingerprint density at radius 2 is 2.16 bits per heavy atom. The van der Waals surface area contributed by atoms with E-state index < -0.39 is 12.3 Å². The number of amides is 2. The van der Waals surface area contributed by atoms with Crippen LogP contribution in [0.1, 0.15) is 35.8 Å². The van der Waals surface area contributed by atoms with Crippen LogP contribution in [0.3, 0.4) is 0 Å². The van der Waals surface area contributed by atoms with Crippen molar-refractivity contribution in [1.29, 1.82) is 0 Å². The lowest BCUT2D eigenvalue weighted by molar-refractivity contribution is -0.141. The third-order valence-electron chi connectivity index (χ3n) is 3.86. The van der Waals surface area contributed by atoms with Gasteiger partial charge in [-0.2, -0.15) is 0 Å². The van der Waals surface area contributed by atoms with E-state index in [1.54, 1.807) is 4.90 Å². The van der Waals surface area contributed by atoms with Gasteiger partial charge < -0.3 is 5.11 Å². The summed E-state index contributed by atoms with van der Waals surface area (Å²) in [6.45, 7) is 2.52. The second kappa shape index (κ2) is 4.43. The molecule has 0 bridgehead atoms. The Balaban J connectivity index is 1.85. The molecule has 0 aromatic heterocycles. The molecular weight excluding hydrogens is 244 g/mol. The van der Waals surface area contributed by atoms with Gasteiger partial charge >= 0.3 is 0 Å². The summed E-state index contributed by atoms with van der Waals surface area (Å²) in [6.07, 6.45) is 0.0304. The minimum absolute atomic E-state index is 0.233. The summed E-state index contributed by atoms with van der Waals surface area (Å²) in [5.41, 5.74) is 3.00. The first-order valence-corrected chi connectivity index (χ1v) is 6.43. The van der Waals surface area contributed by atoms with Gasteiger partial charge in [-0.3, -0.25) is 19.8 Å². The second-order valence-corrected chi connectivity index (χ2v) is 5.22. The quantitative estimate of drug-likeness (QED) is 0.726. The smallest absolute Gasteiger partial charge is 0.244 e. The van der Waals surface area contributed by atoms with Crippen LogP contribution < -0.4 is 5.32 Å². The number of aliphatic hydroxyl groups is 1. The largest absolute Gasteiger partial charge is 0.374 e. The van der Waals surface area contributed by atoms with Gasteiger partial charge in [-0.1, -0.05) is 23.8 Å². The molecule has 2 aliphatic rings. The lowest BCUT2D eigenvalue weighted by Crippen LogP contribution is -2.51. The fourth-order valence-electron chi connectivity index (χ4n) is 2.84. The molecule has 1 aromatic rings. The van der Waals surface area contributed by atoms with E-state index in [1.165, 1.54) is 0 Å². The maximum Gasteiger partial charge on any atom is 0.244 e. The zero-order valence-electron chi connectivity index (χ0n) is 10.7. The molecule has 0 saturated carbocycles. The maximum absolute atomic E-state index is 11.9. The summed E-state index contributed by atoms with van der Waals surface area (Å²) in [6, 6.07) is 5.51. The van der Waals surface area contributed by atoms with E-state index in [0.717, 1.165) is 16.7 Å². The zero-order chi connectivity index (χ0) is 13.6. The summed E-state index contributed by atoms with van der Waals surface area (Å²) >= 11 is 0. The highest BCUT2D eigenvalue weighted by molar-refractivity contribution is 6.00. The number of carbonyl (C=O) groups excluding carboxylic acids is 2. The predicted octanol–water partition coefficient (Wildman–Crippen LogP) is 0.607. The van der Waals surface area contributed by atoms with Gasteiger partial charge in [-0.25, -0.2) is 0 Å². The van der Waals surface area contributed by atoms with Crippen molar-refractivity contribution in [2.24, 2.45) is 0 Å². The van der Waals surface area contributed by atoms with Crippen LogP contribution in [0.5, 0.6) is 0 Å². The van der Waals surface area contributed by atoms with E-state index in [2.05, 4.69) is 5.32 Å². The summed E-state index contributed by atoms with van der Waals surface area (Å²) in [4.78, 5) is 24.8. The van der Waals surface area contributed by atoms with Crippen molar-refractivity contribution in [2.75, 3.05) is 0 Å². The topological polar surface area (TPSA) is 69.6 Å². The number of fused-ring (bicyclic) bond motifs is 1. The van der Waals surface area contributed by atoms with Crippen LogP contribution >= 0.6 is 0 Å². The van der Waals surface area contributed by atoms with Crippen LogP contribution in [0.25, 0.3) is 0 Å². The second-order valence-electron chi connectivity index (χ2n) is 5.22. The number of aryl methyl sites for hydroxylation is 1. The first-order chi connectivity index (χ1) is 9.06. The van der Waals surface area contributed by atoms with Gasteiger partial charge in [0, 0.05) is 18.5 Å². The Bertz CT molecular complexity index is 556. The Labute approximate surface area is 111 Å². The van der Waals surface area contributed by atoms with Crippen molar-refractivity contribution >= 4 is 11.8 Å². The van der Waals surface area contributed by atoms with Gasteiger partial charge in [0.1, 0.15) is 6.23 Å². The van der Waals surface area contributed by atoms with Gasteiger partial charge in [0.25, 0.3) is 0 Å². The minimum Gasteiger partial charge on any atom is -0.374 e. The summed E-state index contributed by atoms with van der Waals surface area (Å²) in [5, 5.41) is 12.7. The first-order valence-electron chi connectivity index (χ1n) is 6.43. The molecule has 0 radical (unpaired) electrons.